The fourth-order valence-electron chi connectivity index (χ4n) is 4.55. The molecule has 22 heavy (non-hydrogen) atoms. The topological polar surface area (TPSA) is 66.4 Å². The van der Waals surface area contributed by atoms with Crippen LogP contribution in [0.3, 0.4) is 0 Å². The lowest BCUT2D eigenvalue weighted by molar-refractivity contribution is -0.146. The molecule has 0 radical (unpaired) electrons. The molecule has 114 valence electrons. The van der Waals surface area contributed by atoms with Gasteiger partial charge in [0.15, 0.2) is 0 Å². The van der Waals surface area contributed by atoms with Crippen molar-refractivity contribution in [2.45, 2.75) is 19.8 Å². The average molecular weight is 297 g/mol. The molecule has 2 fully saturated rings. The van der Waals surface area contributed by atoms with E-state index in [-0.39, 0.29) is 23.2 Å². The molecule has 2 bridgehead atoms. The Morgan fingerprint density at radius 2 is 1.68 bits per heavy atom. The maximum absolute atomic E-state index is 12.7. The summed E-state index contributed by atoms with van der Waals surface area (Å²) in [5.74, 6) is -1.90. The Bertz CT molecular complexity index is 672. The summed E-state index contributed by atoms with van der Waals surface area (Å²) in [4.78, 5) is 24.4. The molecule has 4 nitrogen and oxygen atoms in total. The van der Waals surface area contributed by atoms with Crippen LogP contribution in [-0.2, 0) is 9.59 Å². The van der Waals surface area contributed by atoms with Gasteiger partial charge in [-0.05, 0) is 49.1 Å². The number of carbonyl (C=O) groups excluding carboxylic acids is 1. The van der Waals surface area contributed by atoms with Crippen molar-refractivity contribution >= 4 is 17.6 Å². The largest absolute Gasteiger partial charge is 0.481 e. The molecule has 4 heteroatoms. The second-order valence-corrected chi connectivity index (χ2v) is 6.91. The van der Waals surface area contributed by atoms with Crippen molar-refractivity contribution in [2.24, 2.45) is 29.1 Å². The van der Waals surface area contributed by atoms with Gasteiger partial charge in [-0.1, -0.05) is 29.8 Å². The minimum absolute atomic E-state index is 0.0313. The van der Waals surface area contributed by atoms with E-state index < -0.39 is 17.8 Å². The van der Waals surface area contributed by atoms with Crippen LogP contribution in [0.25, 0.3) is 0 Å². The second kappa shape index (κ2) is 4.45. The number of nitrogens with one attached hydrogen (secondary N) is 1. The maximum Gasteiger partial charge on any atom is 0.307 e. The van der Waals surface area contributed by atoms with Crippen molar-refractivity contribution in [2.75, 3.05) is 5.32 Å². The van der Waals surface area contributed by atoms with E-state index in [1.165, 1.54) is 0 Å². The van der Waals surface area contributed by atoms with Crippen LogP contribution in [0.4, 0.5) is 5.69 Å². The highest BCUT2D eigenvalue weighted by atomic mass is 16.4. The number of carbonyl (C=O) groups is 2. The third-order valence-electron chi connectivity index (χ3n) is 5.75. The smallest absolute Gasteiger partial charge is 0.307 e. The zero-order valence-corrected chi connectivity index (χ0v) is 12.5. The molecule has 1 aromatic rings. The summed E-state index contributed by atoms with van der Waals surface area (Å²) in [6.45, 7) is 1.99. The number of hydrogen-bond donors (Lipinski definition) is 2. The van der Waals surface area contributed by atoms with Crippen molar-refractivity contribution in [1.29, 1.82) is 0 Å². The van der Waals surface area contributed by atoms with E-state index in [4.69, 9.17) is 0 Å². The summed E-state index contributed by atoms with van der Waals surface area (Å²) in [5, 5.41) is 12.5. The van der Waals surface area contributed by atoms with Gasteiger partial charge in [0.05, 0.1) is 11.8 Å². The molecule has 0 saturated heterocycles. The van der Waals surface area contributed by atoms with Gasteiger partial charge in [0.2, 0.25) is 5.91 Å². The molecule has 2 N–H and O–H groups in total. The third-order valence-corrected chi connectivity index (χ3v) is 5.75. The molecule has 1 spiro atoms. The van der Waals surface area contributed by atoms with E-state index >= 15 is 0 Å². The van der Waals surface area contributed by atoms with Crippen LogP contribution in [-0.4, -0.2) is 17.0 Å². The summed E-state index contributed by atoms with van der Waals surface area (Å²) in [5.41, 5.74) is 1.93. The van der Waals surface area contributed by atoms with E-state index in [0.717, 1.165) is 24.1 Å². The van der Waals surface area contributed by atoms with Gasteiger partial charge in [0.25, 0.3) is 0 Å². The number of benzene rings is 1. The summed E-state index contributed by atoms with van der Waals surface area (Å²) < 4.78 is 0. The number of aliphatic carboxylic acids is 1. The fourth-order valence-corrected chi connectivity index (χ4v) is 4.55. The Labute approximate surface area is 129 Å². The van der Waals surface area contributed by atoms with Crippen LogP contribution in [0.5, 0.6) is 0 Å². The zero-order chi connectivity index (χ0) is 15.5. The van der Waals surface area contributed by atoms with Crippen LogP contribution in [0.1, 0.15) is 18.4 Å². The Morgan fingerprint density at radius 1 is 1.09 bits per heavy atom. The number of carboxylic acids is 1. The first kappa shape index (κ1) is 13.6. The predicted molar refractivity (Wildman–Crippen MR) is 82.2 cm³/mol. The molecule has 1 aromatic carbocycles. The summed E-state index contributed by atoms with van der Waals surface area (Å²) >= 11 is 0. The average Bonchev–Trinajstić information content (AvgIpc) is 3.15. The molecule has 3 aliphatic carbocycles. The van der Waals surface area contributed by atoms with Crippen molar-refractivity contribution in [3.8, 4) is 0 Å². The van der Waals surface area contributed by atoms with Gasteiger partial charge in [-0.3, -0.25) is 9.59 Å². The molecule has 4 rings (SSSR count). The highest BCUT2D eigenvalue weighted by molar-refractivity contribution is 5.96. The number of rotatable bonds is 3. The van der Waals surface area contributed by atoms with E-state index in [2.05, 4.69) is 11.4 Å². The van der Waals surface area contributed by atoms with Crippen molar-refractivity contribution < 1.29 is 14.7 Å². The third kappa shape index (κ3) is 1.76. The lowest BCUT2D eigenvalue weighted by Gasteiger charge is -2.23. The van der Waals surface area contributed by atoms with Crippen LogP contribution in [0.15, 0.2) is 36.4 Å². The molecule has 3 aliphatic rings. The normalized spacial score (nSPS) is 33.1. The van der Waals surface area contributed by atoms with E-state index in [9.17, 15) is 14.7 Å². The predicted octanol–water partition coefficient (Wildman–Crippen LogP) is 2.85. The highest BCUT2D eigenvalue weighted by Crippen LogP contribution is 2.72. The minimum atomic E-state index is -0.841. The zero-order valence-electron chi connectivity index (χ0n) is 12.5. The van der Waals surface area contributed by atoms with Crippen molar-refractivity contribution in [1.82, 2.24) is 0 Å². The van der Waals surface area contributed by atoms with E-state index in [1.807, 2.05) is 37.3 Å². The van der Waals surface area contributed by atoms with Crippen molar-refractivity contribution in [3.05, 3.63) is 42.0 Å². The monoisotopic (exact) mass is 297 g/mol. The first-order valence-electron chi connectivity index (χ1n) is 7.82. The molecule has 0 aliphatic heterocycles. The van der Waals surface area contributed by atoms with Gasteiger partial charge in [-0.2, -0.15) is 0 Å². The van der Waals surface area contributed by atoms with Crippen molar-refractivity contribution in [3.63, 3.8) is 0 Å². The SMILES string of the molecule is Cc1ccc(NC(=O)[C@H]2[C@H](C(=O)O)[C@H]3C=C[C@H]2C32CC2)cc1. The fraction of sp³-hybridized carbons (Fsp3) is 0.444. The van der Waals surface area contributed by atoms with Gasteiger partial charge >= 0.3 is 5.97 Å². The van der Waals surface area contributed by atoms with Crippen LogP contribution < -0.4 is 5.32 Å². The first-order chi connectivity index (χ1) is 10.5. The number of amides is 1. The molecular formula is C18H19NO3. The Balaban J connectivity index is 1.60. The van der Waals surface area contributed by atoms with Gasteiger partial charge < -0.3 is 10.4 Å². The molecule has 1 amide bonds. The number of carboxylic acid groups (broad SMARTS) is 1. The quantitative estimate of drug-likeness (QED) is 0.843. The Kier molecular flexibility index (Phi) is 2.74. The molecular weight excluding hydrogens is 278 g/mol. The lowest BCUT2D eigenvalue weighted by atomic mass is 9.82. The number of hydrogen-bond acceptors (Lipinski definition) is 2. The minimum Gasteiger partial charge on any atom is -0.481 e. The van der Waals surface area contributed by atoms with Gasteiger partial charge in [-0.15, -0.1) is 0 Å². The molecule has 0 aromatic heterocycles. The Morgan fingerprint density at radius 3 is 2.23 bits per heavy atom. The molecule has 4 atom stereocenters. The molecule has 0 unspecified atom stereocenters. The molecule has 2 saturated carbocycles. The van der Waals surface area contributed by atoms with Gasteiger partial charge in [0, 0.05) is 5.69 Å². The van der Waals surface area contributed by atoms with E-state index in [0.29, 0.717) is 0 Å². The number of aryl methyl sites for hydroxylation is 1. The number of allylic oxidation sites excluding steroid dienone is 2. The summed E-state index contributed by atoms with van der Waals surface area (Å²) in [6.07, 6.45) is 6.21. The summed E-state index contributed by atoms with van der Waals surface area (Å²) in [6, 6.07) is 7.60. The van der Waals surface area contributed by atoms with E-state index in [1.54, 1.807) is 0 Å². The second-order valence-electron chi connectivity index (χ2n) is 6.91. The van der Waals surface area contributed by atoms with Gasteiger partial charge in [-0.25, -0.2) is 0 Å². The first-order valence-corrected chi connectivity index (χ1v) is 7.82. The van der Waals surface area contributed by atoms with Crippen LogP contribution in [0.2, 0.25) is 0 Å². The maximum atomic E-state index is 12.7. The lowest BCUT2D eigenvalue weighted by Crippen LogP contribution is -2.36. The highest BCUT2D eigenvalue weighted by Gasteiger charge is 2.70. The molecule has 0 heterocycles. The standard InChI is InChI=1S/C18H19NO3/c1-10-2-4-11(5-3-10)19-16(20)14-12-6-7-13(15(14)17(21)22)18(12)8-9-18/h2-7,12-15H,8-9H2,1H3,(H,19,20)(H,21,22)/t12-,13-,14-,15-/m1/s1. The van der Waals surface area contributed by atoms with Crippen LogP contribution in [0, 0.1) is 36.0 Å². The Hall–Kier alpha value is -2.10. The van der Waals surface area contributed by atoms with Gasteiger partial charge in [0.1, 0.15) is 0 Å². The van der Waals surface area contributed by atoms with Crippen LogP contribution >= 0.6 is 0 Å². The summed E-state index contributed by atoms with van der Waals surface area (Å²) in [7, 11) is 0. The number of anilines is 1.